The maximum absolute atomic E-state index is 14.4. The zero-order valence-electron chi connectivity index (χ0n) is 29.0. The SMILES string of the molecule is CC(CO)(CO)C(=O)N[C@H]1CCCCC/C=C\[C@H]2C[C@@]2(C(=O)NS(=O)(=O)C2CC2)NC(=O)[C@@H]2C[C@@H](OC(=O)N3Cc4cccc(F)c4C3)CN2C1=O. The average molecular weight is 748 g/mol. The van der Waals surface area contributed by atoms with E-state index in [1.54, 1.807) is 18.2 Å². The molecule has 5 atom stereocenters. The number of carbonyl (C=O) groups is 5. The van der Waals surface area contributed by atoms with Crippen molar-refractivity contribution in [1.82, 2.24) is 25.2 Å². The van der Waals surface area contributed by atoms with Crippen LogP contribution in [0.3, 0.4) is 0 Å². The highest BCUT2D eigenvalue weighted by Crippen LogP contribution is 2.46. The van der Waals surface area contributed by atoms with Gasteiger partial charge in [-0.1, -0.05) is 37.1 Å². The number of hydrogen-bond donors (Lipinski definition) is 5. The quantitative estimate of drug-likeness (QED) is 0.235. The number of ether oxygens (including phenoxy) is 1. The van der Waals surface area contributed by atoms with E-state index in [0.29, 0.717) is 49.7 Å². The van der Waals surface area contributed by atoms with Crippen molar-refractivity contribution in [3.05, 3.63) is 47.3 Å². The second-order valence-corrected chi connectivity index (χ2v) is 16.9. The minimum atomic E-state index is -3.95. The number of carbonyl (C=O) groups excluding carboxylic acids is 5. The summed E-state index contributed by atoms with van der Waals surface area (Å²) in [5, 5.41) is 24.4. The Kier molecular flexibility index (Phi) is 10.7. The van der Waals surface area contributed by atoms with Crippen molar-refractivity contribution in [2.75, 3.05) is 19.8 Å². The Hall–Kier alpha value is -4.09. The number of amides is 5. The minimum absolute atomic E-state index is 0.0288. The van der Waals surface area contributed by atoms with E-state index in [9.17, 15) is 47.0 Å². The first-order valence-electron chi connectivity index (χ1n) is 17.8. The lowest BCUT2D eigenvalue weighted by Gasteiger charge is -2.32. The van der Waals surface area contributed by atoms with Gasteiger partial charge in [-0.2, -0.15) is 0 Å². The summed E-state index contributed by atoms with van der Waals surface area (Å²) in [6, 6.07) is 2.08. The number of rotatable bonds is 8. The molecule has 17 heteroatoms. The fourth-order valence-corrected chi connectivity index (χ4v) is 8.46. The van der Waals surface area contributed by atoms with E-state index < -0.39 is 99.1 Å². The first kappa shape index (κ1) is 37.7. The zero-order valence-corrected chi connectivity index (χ0v) is 29.8. The van der Waals surface area contributed by atoms with Gasteiger partial charge in [-0.3, -0.25) is 28.8 Å². The van der Waals surface area contributed by atoms with Gasteiger partial charge in [0.05, 0.1) is 37.0 Å². The topological polar surface area (TPSA) is 212 Å². The molecule has 284 valence electrons. The van der Waals surface area contributed by atoms with Crippen LogP contribution in [0.1, 0.15) is 75.8 Å². The fourth-order valence-electron chi connectivity index (χ4n) is 7.10. The maximum Gasteiger partial charge on any atom is 0.410 e. The molecule has 1 aromatic rings. The molecule has 15 nitrogen and oxygen atoms in total. The van der Waals surface area contributed by atoms with Crippen molar-refractivity contribution < 1.29 is 51.7 Å². The molecule has 0 unspecified atom stereocenters. The summed E-state index contributed by atoms with van der Waals surface area (Å²) < 4.78 is 47.8. The van der Waals surface area contributed by atoms with E-state index in [-0.39, 0.29) is 38.9 Å². The molecule has 3 heterocycles. The number of allylic oxidation sites excluding steroid dienone is 1. The summed E-state index contributed by atoms with van der Waals surface area (Å²) in [7, 11) is -3.95. The van der Waals surface area contributed by atoms with E-state index in [2.05, 4.69) is 15.4 Å². The molecular weight excluding hydrogens is 701 g/mol. The lowest BCUT2D eigenvalue weighted by atomic mass is 9.91. The highest BCUT2D eigenvalue weighted by molar-refractivity contribution is 7.91. The van der Waals surface area contributed by atoms with Crippen LogP contribution in [-0.2, 0) is 47.0 Å². The lowest BCUT2D eigenvalue weighted by molar-refractivity contribution is -0.145. The Labute approximate surface area is 301 Å². The number of nitrogens with zero attached hydrogens (tertiary/aromatic N) is 2. The van der Waals surface area contributed by atoms with Gasteiger partial charge in [0.25, 0.3) is 5.91 Å². The van der Waals surface area contributed by atoms with E-state index >= 15 is 0 Å². The summed E-state index contributed by atoms with van der Waals surface area (Å²) in [5.74, 6) is -4.04. The third kappa shape index (κ3) is 7.67. The molecule has 1 saturated heterocycles. The molecule has 1 aromatic carbocycles. The van der Waals surface area contributed by atoms with Crippen LogP contribution >= 0.6 is 0 Å². The van der Waals surface area contributed by atoms with Crippen molar-refractivity contribution in [2.45, 2.75) is 107 Å². The molecule has 5 amide bonds. The van der Waals surface area contributed by atoms with Crippen LogP contribution < -0.4 is 15.4 Å². The van der Waals surface area contributed by atoms with Gasteiger partial charge in [0, 0.05) is 24.4 Å². The summed E-state index contributed by atoms with van der Waals surface area (Å²) in [6.45, 7) is -0.221. The zero-order chi connectivity index (χ0) is 37.4. The molecular formula is C35H46FN5O10S. The molecule has 52 heavy (non-hydrogen) atoms. The maximum atomic E-state index is 14.4. The lowest BCUT2D eigenvalue weighted by Crippen LogP contribution is -2.59. The molecule has 0 radical (unpaired) electrons. The minimum Gasteiger partial charge on any atom is -0.444 e. The van der Waals surface area contributed by atoms with Crippen molar-refractivity contribution >= 4 is 39.7 Å². The molecule has 0 bridgehead atoms. The second-order valence-electron chi connectivity index (χ2n) is 14.9. The normalized spacial score (nSPS) is 28.7. The summed E-state index contributed by atoms with van der Waals surface area (Å²) in [6.07, 6.45) is 5.34. The van der Waals surface area contributed by atoms with Crippen LogP contribution in [0.15, 0.2) is 30.4 Å². The van der Waals surface area contributed by atoms with Crippen molar-refractivity contribution in [3.63, 3.8) is 0 Å². The number of aliphatic hydroxyl groups excluding tert-OH is 2. The summed E-state index contributed by atoms with van der Waals surface area (Å²) in [4.78, 5) is 71.2. The van der Waals surface area contributed by atoms with E-state index in [1.165, 1.54) is 22.8 Å². The van der Waals surface area contributed by atoms with Crippen LogP contribution in [0.4, 0.5) is 9.18 Å². The number of halogens is 1. The standard InChI is InChI=1S/C35H46FN5O10S/c1-34(19-42,20-43)31(46)37-27-11-6-4-2-3-5-9-22-15-35(22,32(47)39-52(49,50)24-12-13-24)38-29(44)28-14-23(17-41(28)30(27)45)51-33(48)40-16-21-8-7-10-26(36)25(21)18-40/h5,7-10,22-24,27-28,42-43H,2-4,6,11-20H2,1H3,(H,37,46)(H,38,44)(H,39,47)/b9-5-/t22-,23+,27-,28-,35+/m0/s1. The number of nitrogens with one attached hydrogen (secondary N) is 3. The van der Waals surface area contributed by atoms with E-state index in [0.717, 1.165) is 0 Å². The number of sulfonamides is 1. The average Bonchev–Trinajstić information content (AvgIpc) is 4.00. The Morgan fingerprint density at radius 2 is 1.85 bits per heavy atom. The molecule has 6 rings (SSSR count). The molecule has 5 aliphatic rings. The molecule has 3 aliphatic heterocycles. The van der Waals surface area contributed by atoms with Crippen LogP contribution in [0.5, 0.6) is 0 Å². The Morgan fingerprint density at radius 3 is 2.54 bits per heavy atom. The molecule has 2 aliphatic carbocycles. The van der Waals surface area contributed by atoms with Crippen molar-refractivity contribution in [2.24, 2.45) is 11.3 Å². The summed E-state index contributed by atoms with van der Waals surface area (Å²) in [5.41, 5.74) is -2.20. The fraction of sp³-hybridized carbons (Fsp3) is 0.629. The number of hydrogen-bond acceptors (Lipinski definition) is 10. The first-order chi connectivity index (χ1) is 24.7. The third-order valence-electron chi connectivity index (χ3n) is 10.8. The highest BCUT2D eigenvalue weighted by atomic mass is 32.2. The molecule has 0 spiro atoms. The monoisotopic (exact) mass is 747 g/mol. The molecule has 5 N–H and O–H groups in total. The van der Waals surface area contributed by atoms with Crippen LogP contribution in [0.2, 0.25) is 0 Å². The van der Waals surface area contributed by atoms with Gasteiger partial charge in [-0.15, -0.1) is 0 Å². The van der Waals surface area contributed by atoms with Crippen molar-refractivity contribution in [1.29, 1.82) is 0 Å². The molecule has 3 fully saturated rings. The van der Waals surface area contributed by atoms with Gasteiger partial charge < -0.3 is 30.5 Å². The number of fused-ring (bicyclic) bond motifs is 3. The smallest absolute Gasteiger partial charge is 0.410 e. The van der Waals surface area contributed by atoms with Gasteiger partial charge in [-0.25, -0.2) is 17.6 Å². The molecule has 2 saturated carbocycles. The predicted molar refractivity (Wildman–Crippen MR) is 182 cm³/mol. The Bertz CT molecular complexity index is 1750. The second kappa shape index (κ2) is 14.7. The van der Waals surface area contributed by atoms with Crippen LogP contribution in [0, 0.1) is 17.2 Å². The van der Waals surface area contributed by atoms with Gasteiger partial charge in [-0.05, 0) is 57.1 Å². The Morgan fingerprint density at radius 1 is 1.10 bits per heavy atom. The van der Waals surface area contributed by atoms with Gasteiger partial charge in [0.2, 0.25) is 27.7 Å². The molecule has 0 aromatic heterocycles. The highest BCUT2D eigenvalue weighted by Gasteiger charge is 2.62. The van der Waals surface area contributed by atoms with E-state index in [4.69, 9.17) is 4.74 Å². The first-order valence-corrected chi connectivity index (χ1v) is 19.4. The predicted octanol–water partition coefficient (Wildman–Crippen LogP) is 0.727. The van der Waals surface area contributed by atoms with Crippen LogP contribution in [-0.4, -0.2) is 107 Å². The number of benzene rings is 1. The third-order valence-corrected chi connectivity index (χ3v) is 12.7. The van der Waals surface area contributed by atoms with Crippen LogP contribution in [0.25, 0.3) is 0 Å². The van der Waals surface area contributed by atoms with Gasteiger partial charge >= 0.3 is 6.09 Å². The van der Waals surface area contributed by atoms with Gasteiger partial charge in [0.15, 0.2) is 0 Å². The largest absolute Gasteiger partial charge is 0.444 e. The van der Waals surface area contributed by atoms with E-state index in [1.807, 2.05) is 6.08 Å². The number of aliphatic hydroxyl groups is 2. The van der Waals surface area contributed by atoms with Gasteiger partial charge in [0.1, 0.15) is 29.5 Å². The Balaban J connectivity index is 1.26. The van der Waals surface area contributed by atoms with Crippen molar-refractivity contribution in [3.8, 4) is 0 Å². The summed E-state index contributed by atoms with van der Waals surface area (Å²) >= 11 is 0.